The number of methoxy groups -OCH3 is 1. The van der Waals surface area contributed by atoms with Crippen LogP contribution in [0.1, 0.15) is 10.4 Å². The van der Waals surface area contributed by atoms with Crippen molar-refractivity contribution in [2.24, 2.45) is 0 Å². The van der Waals surface area contributed by atoms with Gasteiger partial charge in [0.05, 0.1) is 29.6 Å². The maximum atomic E-state index is 13.0. The third-order valence-electron chi connectivity index (χ3n) is 5.46. The summed E-state index contributed by atoms with van der Waals surface area (Å²) >= 11 is 5.99. The van der Waals surface area contributed by atoms with E-state index in [9.17, 15) is 22.8 Å². The molecule has 1 saturated heterocycles. The maximum Gasteiger partial charge on any atom is 0.420 e. The van der Waals surface area contributed by atoms with Crippen LogP contribution in [0.5, 0.6) is 5.75 Å². The van der Waals surface area contributed by atoms with Crippen molar-refractivity contribution in [1.82, 2.24) is 13.8 Å². The van der Waals surface area contributed by atoms with Crippen LogP contribution in [0.3, 0.4) is 0 Å². The number of carbonyl (C=O) groups is 2. The van der Waals surface area contributed by atoms with E-state index in [1.54, 1.807) is 12.1 Å². The van der Waals surface area contributed by atoms with Gasteiger partial charge < -0.3 is 14.1 Å². The molecule has 1 aliphatic rings. The Bertz CT molecular complexity index is 1390. The lowest BCUT2D eigenvalue weighted by Crippen LogP contribution is -2.47. The fraction of sp³-hybridized carbons (Fsp3) is 0.286. The van der Waals surface area contributed by atoms with Crippen molar-refractivity contribution in [3.63, 3.8) is 0 Å². The number of hydrogen-bond acceptors (Lipinski definition) is 7. The van der Waals surface area contributed by atoms with Crippen LogP contribution in [0, 0.1) is 0 Å². The molecule has 0 aliphatic carbocycles. The van der Waals surface area contributed by atoms with Gasteiger partial charge in [0.15, 0.2) is 11.4 Å². The number of halogens is 1. The molecule has 0 radical (unpaired) electrons. The van der Waals surface area contributed by atoms with E-state index in [1.165, 1.54) is 40.6 Å². The number of hydrogen-bond donors (Lipinski definition) is 0. The van der Waals surface area contributed by atoms with E-state index < -0.39 is 21.6 Å². The van der Waals surface area contributed by atoms with Gasteiger partial charge in [0, 0.05) is 37.3 Å². The predicted octanol–water partition coefficient (Wildman–Crippen LogP) is 1.60. The number of ketones is 1. The molecule has 0 bridgehead atoms. The molecule has 10 nitrogen and oxygen atoms in total. The monoisotopic (exact) mass is 493 g/mol. The molecule has 174 valence electrons. The number of benzene rings is 2. The van der Waals surface area contributed by atoms with Gasteiger partial charge in [-0.15, -0.1) is 0 Å². The molecule has 2 aromatic carbocycles. The first kappa shape index (κ1) is 23.0. The third-order valence-corrected chi connectivity index (χ3v) is 7.59. The summed E-state index contributed by atoms with van der Waals surface area (Å²) in [6.07, 6.45) is 0.688. The van der Waals surface area contributed by atoms with Crippen LogP contribution in [0.15, 0.2) is 50.5 Å². The molecule has 12 heteroatoms. The van der Waals surface area contributed by atoms with E-state index in [1.807, 2.05) is 0 Å². The minimum atomic E-state index is -3.85. The molecule has 0 unspecified atom stereocenters. The Kier molecular flexibility index (Phi) is 6.28. The lowest BCUT2D eigenvalue weighted by molar-refractivity contribution is -0.119. The van der Waals surface area contributed by atoms with Crippen LogP contribution in [0.25, 0.3) is 11.1 Å². The van der Waals surface area contributed by atoms with Crippen molar-refractivity contribution >= 4 is 44.9 Å². The maximum absolute atomic E-state index is 13.0. The number of rotatable bonds is 7. The first-order valence-electron chi connectivity index (χ1n) is 9.94. The minimum absolute atomic E-state index is 0.0402. The molecular formula is C21H20ClN3O7S. The average Bonchev–Trinajstić information content (AvgIpc) is 3.13. The van der Waals surface area contributed by atoms with Crippen molar-refractivity contribution < 1.29 is 27.2 Å². The van der Waals surface area contributed by atoms with E-state index in [0.29, 0.717) is 30.3 Å². The summed E-state index contributed by atoms with van der Waals surface area (Å²) in [6.45, 7) is 0.583. The first-order chi connectivity index (χ1) is 15.7. The number of fused-ring (bicyclic) bond motifs is 1. The largest absolute Gasteiger partial charge is 0.496 e. The van der Waals surface area contributed by atoms with Crippen molar-refractivity contribution in [1.29, 1.82) is 0 Å². The van der Waals surface area contributed by atoms with Gasteiger partial charge in [-0.1, -0.05) is 11.6 Å². The molecule has 0 N–H and O–H groups in total. The zero-order chi connectivity index (χ0) is 23.8. The highest BCUT2D eigenvalue weighted by atomic mass is 35.5. The molecule has 2 heterocycles. The van der Waals surface area contributed by atoms with Gasteiger partial charge in [-0.05, 0) is 30.3 Å². The second kappa shape index (κ2) is 9.00. The van der Waals surface area contributed by atoms with Crippen molar-refractivity contribution in [3.05, 3.63) is 57.5 Å². The molecule has 1 fully saturated rings. The highest BCUT2D eigenvalue weighted by molar-refractivity contribution is 7.89. The highest BCUT2D eigenvalue weighted by Gasteiger charge is 2.29. The van der Waals surface area contributed by atoms with E-state index in [2.05, 4.69) is 0 Å². The van der Waals surface area contributed by atoms with Gasteiger partial charge in [-0.2, -0.15) is 4.31 Å². The lowest BCUT2D eigenvalue weighted by Gasteiger charge is -2.31. The van der Waals surface area contributed by atoms with Gasteiger partial charge in [0.2, 0.25) is 16.4 Å². The number of piperazine rings is 1. The summed E-state index contributed by atoms with van der Waals surface area (Å²) in [5.74, 6) is -0.911. The van der Waals surface area contributed by atoms with Crippen LogP contribution in [-0.4, -0.2) is 67.7 Å². The molecule has 0 atom stereocenters. The normalized spacial score (nSPS) is 15.0. The zero-order valence-electron chi connectivity index (χ0n) is 17.6. The smallest absolute Gasteiger partial charge is 0.420 e. The summed E-state index contributed by atoms with van der Waals surface area (Å²) in [5.41, 5.74) is 0.525. The standard InChI is InChI=1S/C21H20ClN3O7S/c1-31-19-5-2-14(22)10-16(19)18(27)12-25-17-4-3-15(11-20(17)32-21(25)28)33(29,30)24-8-6-23(13-26)7-9-24/h2-5,10-11,13H,6-9,12H2,1H3. The van der Waals surface area contributed by atoms with Gasteiger partial charge in [-0.3, -0.25) is 14.2 Å². The fourth-order valence-corrected chi connectivity index (χ4v) is 5.29. The average molecular weight is 494 g/mol. The Morgan fingerprint density at radius 1 is 1.15 bits per heavy atom. The number of ether oxygens (including phenoxy) is 1. The van der Waals surface area contributed by atoms with E-state index in [4.69, 9.17) is 20.8 Å². The Labute approximate surface area is 193 Å². The Morgan fingerprint density at radius 2 is 1.88 bits per heavy atom. The quantitative estimate of drug-likeness (QED) is 0.362. The Balaban J connectivity index is 1.63. The zero-order valence-corrected chi connectivity index (χ0v) is 19.1. The summed E-state index contributed by atoms with van der Waals surface area (Å²) < 4.78 is 38.8. The second-order valence-electron chi connectivity index (χ2n) is 7.40. The highest BCUT2D eigenvalue weighted by Crippen LogP contribution is 2.25. The number of carbonyl (C=O) groups excluding carboxylic acids is 2. The number of Topliss-reactive ketones (excluding diaryl/α,β-unsaturated/α-hetero) is 1. The number of aromatic nitrogens is 1. The van der Waals surface area contributed by atoms with Gasteiger partial charge >= 0.3 is 5.76 Å². The predicted molar refractivity (Wildman–Crippen MR) is 119 cm³/mol. The van der Waals surface area contributed by atoms with Crippen LogP contribution in [0.4, 0.5) is 0 Å². The van der Waals surface area contributed by atoms with Gasteiger partial charge in [0.1, 0.15) is 5.75 Å². The number of nitrogens with zero attached hydrogens (tertiary/aromatic N) is 3. The number of amides is 1. The molecule has 1 aliphatic heterocycles. The lowest BCUT2D eigenvalue weighted by atomic mass is 10.1. The molecule has 4 rings (SSSR count). The first-order valence-corrected chi connectivity index (χ1v) is 11.8. The second-order valence-corrected chi connectivity index (χ2v) is 9.77. The van der Waals surface area contributed by atoms with Crippen LogP contribution >= 0.6 is 11.6 Å². The summed E-state index contributed by atoms with van der Waals surface area (Å²) in [6, 6.07) is 8.64. The Hall–Kier alpha value is -3.15. The minimum Gasteiger partial charge on any atom is -0.496 e. The summed E-state index contributed by atoms with van der Waals surface area (Å²) in [5, 5.41) is 0.340. The van der Waals surface area contributed by atoms with Crippen molar-refractivity contribution in [2.75, 3.05) is 33.3 Å². The molecule has 3 aromatic rings. The molecule has 33 heavy (non-hydrogen) atoms. The SMILES string of the molecule is COc1ccc(Cl)cc1C(=O)Cn1c(=O)oc2cc(S(=O)(=O)N3CCN(C=O)CC3)ccc21. The van der Waals surface area contributed by atoms with Gasteiger partial charge in [0.25, 0.3) is 0 Å². The summed E-state index contributed by atoms with van der Waals surface area (Å²) in [7, 11) is -2.43. The fourth-order valence-electron chi connectivity index (χ4n) is 3.68. The molecule has 1 amide bonds. The van der Waals surface area contributed by atoms with Crippen molar-refractivity contribution in [3.8, 4) is 5.75 Å². The molecule has 0 spiro atoms. The Morgan fingerprint density at radius 3 is 2.55 bits per heavy atom. The summed E-state index contributed by atoms with van der Waals surface area (Å²) in [4.78, 5) is 37.6. The topological polar surface area (TPSA) is 119 Å². The molecule has 1 aromatic heterocycles. The van der Waals surface area contributed by atoms with E-state index in [-0.39, 0.29) is 41.2 Å². The van der Waals surface area contributed by atoms with Crippen LogP contribution in [0.2, 0.25) is 5.02 Å². The molecular weight excluding hydrogens is 474 g/mol. The van der Waals surface area contributed by atoms with Crippen LogP contribution < -0.4 is 10.5 Å². The molecule has 0 saturated carbocycles. The third kappa shape index (κ3) is 4.39. The van der Waals surface area contributed by atoms with Crippen LogP contribution in [-0.2, 0) is 21.4 Å². The number of sulfonamides is 1. The van der Waals surface area contributed by atoms with Gasteiger partial charge in [-0.25, -0.2) is 13.2 Å². The van der Waals surface area contributed by atoms with Crippen molar-refractivity contribution in [2.45, 2.75) is 11.4 Å². The number of oxazole rings is 1. The van der Waals surface area contributed by atoms with E-state index in [0.717, 1.165) is 4.57 Å². The van der Waals surface area contributed by atoms with E-state index >= 15 is 0 Å².